The number of ether oxygens (including phenoxy) is 2. The Kier molecular flexibility index (Phi) is 5.30. The van der Waals surface area contributed by atoms with Crippen molar-refractivity contribution >= 4 is 34.6 Å². The number of carbonyl (C=O) groups is 2. The number of methoxy groups -OCH3 is 1. The molecule has 6 nitrogen and oxygen atoms in total. The Hall–Kier alpha value is -2.45. The van der Waals surface area contributed by atoms with Crippen LogP contribution in [-0.2, 0) is 27.3 Å². The van der Waals surface area contributed by atoms with Gasteiger partial charge in [0.05, 0.1) is 19.2 Å². The summed E-state index contributed by atoms with van der Waals surface area (Å²) >= 11 is 3.09. The van der Waals surface area contributed by atoms with Gasteiger partial charge in [0.25, 0.3) is 0 Å². The van der Waals surface area contributed by atoms with Gasteiger partial charge >= 0.3 is 11.9 Å². The van der Waals surface area contributed by atoms with Gasteiger partial charge in [0, 0.05) is 16.3 Å². The first-order chi connectivity index (χ1) is 12.1. The van der Waals surface area contributed by atoms with Crippen molar-refractivity contribution < 1.29 is 23.5 Å². The predicted molar refractivity (Wildman–Crippen MR) is 93.7 cm³/mol. The number of carbonyl (C=O) groups excluding carboxylic acids is 2. The maximum absolute atomic E-state index is 12.0. The van der Waals surface area contributed by atoms with Crippen molar-refractivity contribution in [3.05, 3.63) is 51.1 Å². The molecule has 3 heterocycles. The number of esters is 2. The molecule has 3 aromatic heterocycles. The number of thiazole rings is 1. The molecule has 0 N–H and O–H groups in total. The minimum absolute atomic E-state index is 0.0435. The van der Waals surface area contributed by atoms with Crippen molar-refractivity contribution in [2.24, 2.45) is 0 Å². The molecule has 0 unspecified atom stereocenters. The molecule has 0 fully saturated rings. The molecule has 0 aromatic carbocycles. The molecule has 0 aliphatic rings. The molecule has 3 aromatic rings. The van der Waals surface area contributed by atoms with E-state index >= 15 is 0 Å². The molecule has 0 aliphatic carbocycles. The average molecular weight is 377 g/mol. The van der Waals surface area contributed by atoms with E-state index in [0.29, 0.717) is 22.8 Å². The van der Waals surface area contributed by atoms with Crippen LogP contribution in [0.2, 0.25) is 0 Å². The standard InChI is InChI=1S/C17H15NO5S2/c1-10-14(17(20)21-2)6-13(23-10)7-22-15(19)5-12-9-25-16(18-12)11-3-4-24-8-11/h3-4,6,8-9H,5,7H2,1-2H3. The fourth-order valence-electron chi connectivity index (χ4n) is 2.18. The third-order valence-corrected chi connectivity index (χ3v) is 5.02. The number of aromatic nitrogens is 1. The van der Waals surface area contributed by atoms with Crippen LogP contribution in [0.15, 0.2) is 32.7 Å². The fraction of sp³-hybridized carbons (Fsp3) is 0.235. The van der Waals surface area contributed by atoms with Crippen LogP contribution in [0.1, 0.15) is 27.6 Å². The van der Waals surface area contributed by atoms with Crippen LogP contribution < -0.4 is 0 Å². The first-order valence-electron chi connectivity index (χ1n) is 7.37. The van der Waals surface area contributed by atoms with E-state index < -0.39 is 11.9 Å². The number of furan rings is 1. The molecule has 25 heavy (non-hydrogen) atoms. The highest BCUT2D eigenvalue weighted by Gasteiger charge is 2.17. The summed E-state index contributed by atoms with van der Waals surface area (Å²) in [7, 11) is 1.30. The second-order valence-corrected chi connectivity index (χ2v) is 6.81. The predicted octanol–water partition coefficient (Wildman–Crippen LogP) is 3.85. The van der Waals surface area contributed by atoms with Gasteiger partial charge in [-0.2, -0.15) is 11.3 Å². The highest BCUT2D eigenvalue weighted by Crippen LogP contribution is 2.26. The molecule has 0 aliphatic heterocycles. The van der Waals surface area contributed by atoms with Gasteiger partial charge in [-0.25, -0.2) is 9.78 Å². The number of hydrogen-bond acceptors (Lipinski definition) is 8. The Morgan fingerprint density at radius 2 is 2.16 bits per heavy atom. The van der Waals surface area contributed by atoms with Gasteiger partial charge in [0.15, 0.2) is 0 Å². The van der Waals surface area contributed by atoms with E-state index in [1.54, 1.807) is 18.3 Å². The van der Waals surface area contributed by atoms with E-state index in [-0.39, 0.29) is 13.0 Å². The first-order valence-corrected chi connectivity index (χ1v) is 9.19. The first kappa shape index (κ1) is 17.4. The Balaban J connectivity index is 1.56. The van der Waals surface area contributed by atoms with Crippen molar-refractivity contribution in [1.82, 2.24) is 4.98 Å². The van der Waals surface area contributed by atoms with Gasteiger partial charge in [-0.1, -0.05) is 0 Å². The lowest BCUT2D eigenvalue weighted by Gasteiger charge is -2.01. The van der Waals surface area contributed by atoms with Gasteiger partial charge in [-0.15, -0.1) is 11.3 Å². The molecule has 3 rings (SSSR count). The zero-order valence-electron chi connectivity index (χ0n) is 13.6. The summed E-state index contributed by atoms with van der Waals surface area (Å²) in [5, 5.41) is 6.73. The molecule has 0 atom stereocenters. The second-order valence-electron chi connectivity index (χ2n) is 5.17. The highest BCUT2D eigenvalue weighted by molar-refractivity contribution is 7.14. The van der Waals surface area contributed by atoms with Crippen molar-refractivity contribution in [3.8, 4) is 10.6 Å². The molecule has 0 spiro atoms. The number of thiophene rings is 1. The van der Waals surface area contributed by atoms with E-state index in [1.807, 2.05) is 22.2 Å². The summed E-state index contributed by atoms with van der Waals surface area (Å²) in [4.78, 5) is 27.9. The van der Waals surface area contributed by atoms with Crippen LogP contribution in [-0.4, -0.2) is 24.0 Å². The zero-order chi connectivity index (χ0) is 17.8. The molecule has 0 amide bonds. The van der Waals surface area contributed by atoms with E-state index in [1.165, 1.54) is 24.5 Å². The van der Waals surface area contributed by atoms with Crippen molar-refractivity contribution in [2.45, 2.75) is 20.0 Å². The summed E-state index contributed by atoms with van der Waals surface area (Å²) < 4.78 is 15.3. The van der Waals surface area contributed by atoms with E-state index in [4.69, 9.17) is 9.15 Å². The van der Waals surface area contributed by atoms with Crippen LogP contribution in [0, 0.1) is 6.92 Å². The molecular weight excluding hydrogens is 362 g/mol. The smallest absolute Gasteiger partial charge is 0.341 e. The molecule has 0 radical (unpaired) electrons. The minimum atomic E-state index is -0.484. The van der Waals surface area contributed by atoms with E-state index in [0.717, 1.165) is 10.6 Å². The number of aryl methyl sites for hydroxylation is 1. The summed E-state index contributed by atoms with van der Waals surface area (Å²) in [5.41, 5.74) is 2.05. The fourth-order valence-corrected chi connectivity index (χ4v) is 3.72. The third kappa shape index (κ3) is 4.15. The van der Waals surface area contributed by atoms with Crippen molar-refractivity contribution in [1.29, 1.82) is 0 Å². The van der Waals surface area contributed by atoms with Gasteiger partial charge in [-0.05, 0) is 24.4 Å². The normalized spacial score (nSPS) is 10.6. The molecule has 0 saturated heterocycles. The topological polar surface area (TPSA) is 78.6 Å². The highest BCUT2D eigenvalue weighted by atomic mass is 32.1. The number of nitrogens with zero attached hydrogens (tertiary/aromatic N) is 1. The lowest BCUT2D eigenvalue weighted by Crippen LogP contribution is -2.08. The molecule has 130 valence electrons. The number of hydrogen-bond donors (Lipinski definition) is 0. The maximum atomic E-state index is 12.0. The SMILES string of the molecule is COC(=O)c1cc(COC(=O)Cc2csc(-c3ccsc3)n2)oc1C. The quantitative estimate of drug-likeness (QED) is 0.607. The monoisotopic (exact) mass is 377 g/mol. The Labute approximate surface area is 152 Å². The molecular formula is C17H15NO5S2. The summed E-state index contributed by atoms with van der Waals surface area (Å²) in [6.45, 7) is 1.61. The average Bonchev–Trinajstić information content (AvgIpc) is 3.32. The van der Waals surface area contributed by atoms with Crippen LogP contribution in [0.5, 0.6) is 0 Å². The Morgan fingerprint density at radius 1 is 1.32 bits per heavy atom. The largest absolute Gasteiger partial charge is 0.465 e. The van der Waals surface area contributed by atoms with Crippen molar-refractivity contribution in [2.75, 3.05) is 7.11 Å². The van der Waals surface area contributed by atoms with Crippen LogP contribution in [0.3, 0.4) is 0 Å². The van der Waals surface area contributed by atoms with E-state index in [9.17, 15) is 9.59 Å². The van der Waals surface area contributed by atoms with Crippen LogP contribution in [0.4, 0.5) is 0 Å². The van der Waals surface area contributed by atoms with E-state index in [2.05, 4.69) is 9.72 Å². The van der Waals surface area contributed by atoms with Gasteiger partial charge in [-0.3, -0.25) is 4.79 Å². The lowest BCUT2D eigenvalue weighted by atomic mass is 10.2. The zero-order valence-corrected chi connectivity index (χ0v) is 15.2. The second kappa shape index (κ2) is 7.62. The van der Waals surface area contributed by atoms with Gasteiger partial charge in [0.1, 0.15) is 28.7 Å². The van der Waals surface area contributed by atoms with Gasteiger partial charge in [0.2, 0.25) is 0 Å². The van der Waals surface area contributed by atoms with Gasteiger partial charge < -0.3 is 13.9 Å². The summed E-state index contributed by atoms with van der Waals surface area (Å²) in [6, 6.07) is 3.51. The van der Waals surface area contributed by atoms with Crippen molar-refractivity contribution in [3.63, 3.8) is 0 Å². The summed E-state index contributed by atoms with van der Waals surface area (Å²) in [6.07, 6.45) is 0.0875. The maximum Gasteiger partial charge on any atom is 0.341 e. The minimum Gasteiger partial charge on any atom is -0.465 e. The molecule has 0 saturated carbocycles. The summed E-state index contributed by atoms with van der Waals surface area (Å²) in [5.74, 6) is -0.0700. The lowest BCUT2D eigenvalue weighted by molar-refractivity contribution is -0.144. The molecule has 0 bridgehead atoms. The third-order valence-electron chi connectivity index (χ3n) is 3.39. The van der Waals surface area contributed by atoms with Crippen LogP contribution >= 0.6 is 22.7 Å². The Morgan fingerprint density at radius 3 is 2.88 bits per heavy atom. The van der Waals surface area contributed by atoms with Crippen LogP contribution in [0.25, 0.3) is 10.6 Å². The molecule has 8 heteroatoms. The number of rotatable bonds is 6. The Bertz CT molecular complexity index is 879.